The number of nitrogens with one attached hydrogen (secondary N) is 1. The Labute approximate surface area is 211 Å². The van der Waals surface area contributed by atoms with Crippen LogP contribution in [0.5, 0.6) is 17.2 Å². The van der Waals surface area contributed by atoms with E-state index in [2.05, 4.69) is 23.9 Å². The summed E-state index contributed by atoms with van der Waals surface area (Å²) in [6.07, 6.45) is -3.14. The van der Waals surface area contributed by atoms with Crippen LogP contribution in [0, 0.1) is 11.2 Å². The Kier molecular flexibility index (Phi) is 8.24. The van der Waals surface area contributed by atoms with Crippen molar-refractivity contribution in [3.05, 3.63) is 53.3 Å². The number of hydrogen-bond acceptors (Lipinski definition) is 5. The molecule has 1 fully saturated rings. The average Bonchev–Trinajstić information content (AvgIpc) is 2.81. The molecule has 2 N–H and O–H groups in total. The molecule has 3 rings (SSSR count). The molecule has 0 heterocycles. The second kappa shape index (κ2) is 10.9. The highest BCUT2D eigenvalue weighted by molar-refractivity contribution is 5.98. The molecule has 202 valence electrons. The van der Waals surface area contributed by atoms with Gasteiger partial charge in [0.25, 0.3) is 5.91 Å². The Morgan fingerprint density at radius 3 is 2.30 bits per heavy atom. The second-order valence-electron chi connectivity index (χ2n) is 9.77. The van der Waals surface area contributed by atoms with Gasteiger partial charge in [-0.3, -0.25) is 4.79 Å². The van der Waals surface area contributed by atoms with Crippen LogP contribution < -0.4 is 19.5 Å². The third-order valence-corrected chi connectivity index (χ3v) is 6.52. The van der Waals surface area contributed by atoms with Gasteiger partial charge in [0, 0.05) is 12.0 Å². The van der Waals surface area contributed by atoms with Crippen LogP contribution in [-0.2, 0) is 11.2 Å². The highest BCUT2D eigenvalue weighted by Crippen LogP contribution is 2.40. The van der Waals surface area contributed by atoms with Gasteiger partial charge in [-0.15, -0.1) is 13.2 Å². The van der Waals surface area contributed by atoms with Crippen molar-refractivity contribution in [2.45, 2.75) is 57.9 Å². The molecule has 0 unspecified atom stereocenters. The molecule has 0 atom stereocenters. The van der Waals surface area contributed by atoms with E-state index in [-0.39, 0.29) is 41.1 Å². The zero-order valence-corrected chi connectivity index (χ0v) is 20.7. The summed E-state index contributed by atoms with van der Waals surface area (Å²) in [5.41, 5.74) is -1.32. The number of hydrogen-bond donors (Lipinski definition) is 2. The maximum Gasteiger partial charge on any atom is 0.573 e. The topological polar surface area (TPSA) is 94.1 Å². The number of carboxylic acid groups (broad SMARTS) is 1. The van der Waals surface area contributed by atoms with Crippen LogP contribution in [0.4, 0.5) is 17.6 Å². The molecule has 0 bridgehead atoms. The highest BCUT2D eigenvalue weighted by Gasteiger charge is 2.45. The van der Waals surface area contributed by atoms with Gasteiger partial charge in [0.05, 0.1) is 13.7 Å². The first-order chi connectivity index (χ1) is 17.2. The molecular formula is C26H29F4NO6. The number of carbonyl (C=O) groups excluding carboxylic acids is 1. The molecule has 1 saturated carbocycles. The molecular weight excluding hydrogens is 498 g/mol. The molecule has 1 amide bonds. The fourth-order valence-corrected chi connectivity index (χ4v) is 4.18. The third kappa shape index (κ3) is 7.27. The minimum Gasteiger partial charge on any atom is -0.493 e. The normalized spacial score (nSPS) is 16.5. The van der Waals surface area contributed by atoms with Crippen molar-refractivity contribution < 1.29 is 46.5 Å². The van der Waals surface area contributed by atoms with E-state index < -0.39 is 35.3 Å². The smallest absolute Gasteiger partial charge is 0.493 e. The van der Waals surface area contributed by atoms with Gasteiger partial charge in [-0.1, -0.05) is 13.8 Å². The van der Waals surface area contributed by atoms with Crippen molar-refractivity contribution >= 4 is 11.9 Å². The number of carbonyl (C=O) groups is 2. The Hall–Kier alpha value is -3.50. The number of ether oxygens (including phenoxy) is 3. The molecule has 0 aliphatic heterocycles. The van der Waals surface area contributed by atoms with Crippen molar-refractivity contribution in [2.75, 3.05) is 13.7 Å². The Bertz CT molecular complexity index is 1140. The molecule has 1 aliphatic carbocycles. The lowest BCUT2D eigenvalue weighted by Gasteiger charge is -2.41. The zero-order chi connectivity index (χ0) is 27.4. The Morgan fingerprint density at radius 1 is 1.03 bits per heavy atom. The van der Waals surface area contributed by atoms with Crippen LogP contribution >= 0.6 is 0 Å². The molecule has 1 aliphatic rings. The fraction of sp³-hybridized carbons (Fsp3) is 0.462. The quantitative estimate of drug-likeness (QED) is 0.418. The highest BCUT2D eigenvalue weighted by atomic mass is 19.4. The minimum absolute atomic E-state index is 0.0112. The lowest BCUT2D eigenvalue weighted by Crippen LogP contribution is -2.57. The molecule has 11 heteroatoms. The predicted molar refractivity (Wildman–Crippen MR) is 125 cm³/mol. The van der Waals surface area contributed by atoms with E-state index in [0.717, 1.165) is 18.2 Å². The van der Waals surface area contributed by atoms with Crippen LogP contribution in [0.3, 0.4) is 0 Å². The second-order valence-corrected chi connectivity index (χ2v) is 9.77. The van der Waals surface area contributed by atoms with E-state index in [0.29, 0.717) is 25.7 Å². The maximum absolute atomic E-state index is 14.1. The molecule has 0 radical (unpaired) electrons. The number of alkyl halides is 3. The monoisotopic (exact) mass is 527 g/mol. The van der Waals surface area contributed by atoms with Gasteiger partial charge in [0.2, 0.25) is 0 Å². The lowest BCUT2D eigenvalue weighted by molar-refractivity contribution is -0.274. The SMILES string of the molecule is COc1ccc(C(=O)NC2(C(=O)O)CCC(C)(C)CC2)cc1OCCc1cc(OC(F)(F)F)ccc1F. The van der Waals surface area contributed by atoms with E-state index >= 15 is 0 Å². The summed E-state index contributed by atoms with van der Waals surface area (Å²) in [7, 11) is 1.38. The Morgan fingerprint density at radius 2 is 1.70 bits per heavy atom. The Balaban J connectivity index is 1.72. The summed E-state index contributed by atoms with van der Waals surface area (Å²) >= 11 is 0. The summed E-state index contributed by atoms with van der Waals surface area (Å²) in [5.74, 6) is -2.59. The fourth-order valence-electron chi connectivity index (χ4n) is 4.18. The van der Waals surface area contributed by atoms with Crippen molar-refractivity contribution in [1.29, 1.82) is 0 Å². The predicted octanol–water partition coefficient (Wildman–Crippen LogP) is 5.51. The summed E-state index contributed by atoms with van der Waals surface area (Å²) < 4.78 is 66.2. The summed E-state index contributed by atoms with van der Waals surface area (Å²) in [5, 5.41) is 12.5. The van der Waals surface area contributed by atoms with E-state index in [9.17, 15) is 32.3 Å². The summed E-state index contributed by atoms with van der Waals surface area (Å²) in [6.45, 7) is 3.96. The van der Waals surface area contributed by atoms with Crippen LogP contribution in [-0.4, -0.2) is 42.6 Å². The zero-order valence-electron chi connectivity index (χ0n) is 20.7. The number of benzene rings is 2. The first kappa shape index (κ1) is 28.1. The molecule has 0 saturated heterocycles. The first-order valence-corrected chi connectivity index (χ1v) is 11.6. The van der Waals surface area contributed by atoms with Gasteiger partial charge in [0.15, 0.2) is 11.5 Å². The lowest BCUT2D eigenvalue weighted by atomic mass is 9.69. The van der Waals surface area contributed by atoms with E-state index in [1.807, 2.05) is 0 Å². The van der Waals surface area contributed by atoms with Gasteiger partial charge in [0.1, 0.15) is 17.1 Å². The van der Waals surface area contributed by atoms with E-state index in [1.54, 1.807) is 0 Å². The molecule has 0 aromatic heterocycles. The largest absolute Gasteiger partial charge is 0.573 e. The van der Waals surface area contributed by atoms with E-state index in [1.165, 1.54) is 25.3 Å². The number of rotatable bonds is 9. The number of halogens is 4. The van der Waals surface area contributed by atoms with Crippen LogP contribution in [0.15, 0.2) is 36.4 Å². The first-order valence-electron chi connectivity index (χ1n) is 11.6. The maximum atomic E-state index is 14.1. The number of aliphatic carboxylic acids is 1. The van der Waals surface area contributed by atoms with E-state index in [4.69, 9.17) is 9.47 Å². The number of carboxylic acids is 1. The van der Waals surface area contributed by atoms with Crippen LogP contribution in [0.1, 0.15) is 55.5 Å². The molecule has 2 aromatic rings. The summed E-state index contributed by atoms with van der Waals surface area (Å²) in [4.78, 5) is 25.1. The third-order valence-electron chi connectivity index (χ3n) is 6.52. The van der Waals surface area contributed by atoms with Gasteiger partial charge < -0.3 is 24.6 Å². The van der Waals surface area contributed by atoms with Crippen LogP contribution in [0.25, 0.3) is 0 Å². The van der Waals surface area contributed by atoms with Crippen LogP contribution in [0.2, 0.25) is 0 Å². The van der Waals surface area contributed by atoms with Gasteiger partial charge >= 0.3 is 12.3 Å². The number of methoxy groups -OCH3 is 1. The van der Waals surface area contributed by atoms with Gasteiger partial charge in [-0.2, -0.15) is 0 Å². The van der Waals surface area contributed by atoms with Crippen molar-refractivity contribution in [1.82, 2.24) is 5.32 Å². The van der Waals surface area contributed by atoms with Gasteiger partial charge in [-0.05, 0) is 73.1 Å². The average molecular weight is 528 g/mol. The number of amides is 1. The standard InChI is InChI=1S/C26H29F4NO6/c1-24(2)9-11-25(12-10-24,23(33)34)31-22(32)17-4-7-20(35-3)21(15-17)36-13-8-16-14-18(5-6-19(16)27)37-26(28,29)30/h4-7,14-15H,8-13H2,1-3H3,(H,31,32)(H,33,34). The summed E-state index contributed by atoms with van der Waals surface area (Å²) in [6, 6.07) is 6.98. The molecule has 7 nitrogen and oxygen atoms in total. The van der Waals surface area contributed by atoms with Crippen molar-refractivity contribution in [3.63, 3.8) is 0 Å². The van der Waals surface area contributed by atoms with Crippen molar-refractivity contribution in [2.24, 2.45) is 5.41 Å². The molecule has 0 spiro atoms. The van der Waals surface area contributed by atoms with Gasteiger partial charge in [-0.25, -0.2) is 9.18 Å². The molecule has 2 aromatic carbocycles. The van der Waals surface area contributed by atoms with Crippen molar-refractivity contribution in [3.8, 4) is 17.2 Å². The molecule has 37 heavy (non-hydrogen) atoms. The minimum atomic E-state index is -4.91.